The number of benzene rings is 2. The van der Waals surface area contributed by atoms with Crippen LogP contribution in [-0.4, -0.2) is 50.8 Å². The van der Waals surface area contributed by atoms with Crippen LogP contribution in [0.2, 0.25) is 0 Å². The van der Waals surface area contributed by atoms with E-state index in [1.54, 1.807) is 31.3 Å². The molecule has 0 aliphatic rings. The minimum Gasteiger partial charge on any atom is -0.493 e. The SMILES string of the molecule is CCN(Cc1ccc(OC)c(OC)c1)C(=O)COC(=O)COc1ccc(C)c(C)c1. The van der Waals surface area contributed by atoms with E-state index in [2.05, 4.69) is 0 Å². The zero-order valence-corrected chi connectivity index (χ0v) is 18.2. The summed E-state index contributed by atoms with van der Waals surface area (Å²) in [4.78, 5) is 26.0. The summed E-state index contributed by atoms with van der Waals surface area (Å²) in [5, 5.41) is 0. The van der Waals surface area contributed by atoms with Gasteiger partial charge in [-0.1, -0.05) is 12.1 Å². The lowest BCUT2D eigenvalue weighted by molar-refractivity contribution is -0.153. The van der Waals surface area contributed by atoms with Gasteiger partial charge in [-0.05, 0) is 61.7 Å². The summed E-state index contributed by atoms with van der Waals surface area (Å²) in [5.41, 5.74) is 3.10. The minimum absolute atomic E-state index is 0.252. The van der Waals surface area contributed by atoms with Gasteiger partial charge in [0.15, 0.2) is 24.7 Å². The van der Waals surface area contributed by atoms with Crippen molar-refractivity contribution in [1.82, 2.24) is 4.90 Å². The van der Waals surface area contributed by atoms with E-state index in [4.69, 9.17) is 18.9 Å². The average molecular weight is 415 g/mol. The number of carbonyl (C=O) groups excluding carboxylic acids is 2. The highest BCUT2D eigenvalue weighted by Crippen LogP contribution is 2.28. The number of hydrogen-bond donors (Lipinski definition) is 0. The number of aryl methyl sites for hydroxylation is 2. The van der Waals surface area contributed by atoms with Crippen LogP contribution >= 0.6 is 0 Å². The normalized spacial score (nSPS) is 10.3. The van der Waals surface area contributed by atoms with Crippen LogP contribution in [-0.2, 0) is 20.9 Å². The smallest absolute Gasteiger partial charge is 0.344 e. The molecule has 7 heteroatoms. The number of methoxy groups -OCH3 is 2. The van der Waals surface area contributed by atoms with Gasteiger partial charge in [0, 0.05) is 13.1 Å². The van der Waals surface area contributed by atoms with Gasteiger partial charge in [0.25, 0.3) is 5.91 Å². The van der Waals surface area contributed by atoms with Crippen LogP contribution < -0.4 is 14.2 Å². The van der Waals surface area contributed by atoms with Crippen LogP contribution in [0.3, 0.4) is 0 Å². The highest BCUT2D eigenvalue weighted by Gasteiger charge is 2.16. The Hall–Kier alpha value is -3.22. The molecule has 2 rings (SSSR count). The third kappa shape index (κ3) is 6.40. The van der Waals surface area contributed by atoms with Crippen molar-refractivity contribution in [2.45, 2.75) is 27.3 Å². The Morgan fingerprint density at radius 1 is 0.900 bits per heavy atom. The van der Waals surface area contributed by atoms with Crippen LogP contribution in [0.25, 0.3) is 0 Å². The molecule has 2 aromatic rings. The summed E-state index contributed by atoms with van der Waals surface area (Å²) in [6.45, 7) is 6.09. The maximum absolute atomic E-state index is 12.5. The standard InChI is InChI=1S/C23H29NO6/c1-6-24(13-18-8-10-20(27-4)21(12-18)28-5)22(25)14-30-23(26)15-29-19-9-7-16(2)17(3)11-19/h7-12H,6,13-15H2,1-5H3. The fraction of sp³-hybridized carbons (Fsp3) is 0.391. The second-order valence-corrected chi connectivity index (χ2v) is 6.79. The van der Waals surface area contributed by atoms with E-state index < -0.39 is 5.97 Å². The summed E-state index contributed by atoms with van der Waals surface area (Å²) in [5.74, 6) is 0.919. The first kappa shape index (κ1) is 23.1. The van der Waals surface area contributed by atoms with Crippen molar-refractivity contribution in [2.24, 2.45) is 0 Å². The second kappa shape index (κ2) is 11.1. The predicted molar refractivity (Wildman–Crippen MR) is 113 cm³/mol. The number of likely N-dealkylation sites (N-methyl/N-ethyl adjacent to an activating group) is 1. The lowest BCUT2D eigenvalue weighted by Crippen LogP contribution is -2.34. The second-order valence-electron chi connectivity index (χ2n) is 6.79. The van der Waals surface area contributed by atoms with Gasteiger partial charge in [-0.3, -0.25) is 4.79 Å². The molecule has 0 saturated heterocycles. The fourth-order valence-electron chi connectivity index (χ4n) is 2.80. The third-order valence-corrected chi connectivity index (χ3v) is 4.75. The highest BCUT2D eigenvalue weighted by molar-refractivity contribution is 5.81. The molecule has 0 fully saturated rings. The Labute approximate surface area is 177 Å². The molecule has 0 aliphatic heterocycles. The largest absolute Gasteiger partial charge is 0.493 e. The van der Waals surface area contributed by atoms with E-state index in [-0.39, 0.29) is 19.1 Å². The number of ether oxygens (including phenoxy) is 4. The highest BCUT2D eigenvalue weighted by atomic mass is 16.6. The fourth-order valence-corrected chi connectivity index (χ4v) is 2.80. The van der Waals surface area contributed by atoms with Gasteiger partial charge in [-0.25, -0.2) is 4.79 Å². The number of rotatable bonds is 10. The van der Waals surface area contributed by atoms with Crippen molar-refractivity contribution in [1.29, 1.82) is 0 Å². The molecule has 30 heavy (non-hydrogen) atoms. The van der Waals surface area contributed by atoms with E-state index in [1.807, 2.05) is 45.0 Å². The van der Waals surface area contributed by atoms with Gasteiger partial charge in [0.2, 0.25) is 0 Å². The zero-order chi connectivity index (χ0) is 22.1. The average Bonchev–Trinajstić information content (AvgIpc) is 2.76. The van der Waals surface area contributed by atoms with Crippen LogP contribution in [0.5, 0.6) is 17.2 Å². The Morgan fingerprint density at radius 2 is 1.63 bits per heavy atom. The molecule has 0 atom stereocenters. The molecule has 0 radical (unpaired) electrons. The molecule has 0 aromatic heterocycles. The van der Waals surface area contributed by atoms with Gasteiger partial charge < -0.3 is 23.8 Å². The number of nitrogens with zero attached hydrogens (tertiary/aromatic N) is 1. The Bertz CT molecular complexity index is 880. The van der Waals surface area contributed by atoms with E-state index in [1.165, 1.54) is 0 Å². The molecule has 0 unspecified atom stereocenters. The maximum atomic E-state index is 12.5. The van der Waals surface area contributed by atoms with Crippen molar-refractivity contribution in [3.8, 4) is 17.2 Å². The summed E-state index contributed by atoms with van der Waals surface area (Å²) < 4.78 is 21.0. The number of carbonyl (C=O) groups is 2. The van der Waals surface area contributed by atoms with Crippen molar-refractivity contribution < 1.29 is 28.5 Å². The van der Waals surface area contributed by atoms with E-state index >= 15 is 0 Å². The van der Waals surface area contributed by atoms with Crippen molar-refractivity contribution in [3.05, 3.63) is 53.1 Å². The molecule has 1 amide bonds. The first-order valence-corrected chi connectivity index (χ1v) is 9.72. The van der Waals surface area contributed by atoms with Crippen molar-refractivity contribution in [2.75, 3.05) is 34.0 Å². The van der Waals surface area contributed by atoms with Gasteiger partial charge in [0.05, 0.1) is 14.2 Å². The zero-order valence-electron chi connectivity index (χ0n) is 18.2. The molecule has 162 valence electrons. The number of amides is 1. The van der Waals surface area contributed by atoms with Gasteiger partial charge in [0.1, 0.15) is 5.75 Å². The summed E-state index contributed by atoms with van der Waals surface area (Å²) in [6.07, 6.45) is 0. The molecule has 7 nitrogen and oxygen atoms in total. The topological polar surface area (TPSA) is 74.3 Å². The molecular weight excluding hydrogens is 386 g/mol. The Kier molecular flexibility index (Phi) is 8.53. The van der Waals surface area contributed by atoms with Gasteiger partial charge >= 0.3 is 5.97 Å². The lowest BCUT2D eigenvalue weighted by Gasteiger charge is -2.21. The van der Waals surface area contributed by atoms with E-state index in [9.17, 15) is 9.59 Å². The molecule has 0 heterocycles. The molecule has 0 aliphatic carbocycles. The predicted octanol–water partition coefficient (Wildman–Crippen LogP) is 3.29. The van der Waals surface area contributed by atoms with Crippen LogP contribution in [0, 0.1) is 13.8 Å². The molecule has 0 bridgehead atoms. The van der Waals surface area contributed by atoms with Crippen molar-refractivity contribution in [3.63, 3.8) is 0 Å². The van der Waals surface area contributed by atoms with Crippen LogP contribution in [0.1, 0.15) is 23.6 Å². The Balaban J connectivity index is 1.85. The first-order chi connectivity index (χ1) is 14.4. The summed E-state index contributed by atoms with van der Waals surface area (Å²) in [6, 6.07) is 11.0. The quantitative estimate of drug-likeness (QED) is 0.555. The third-order valence-electron chi connectivity index (χ3n) is 4.75. The molecule has 0 spiro atoms. The van der Waals surface area contributed by atoms with Gasteiger partial charge in [-0.15, -0.1) is 0 Å². The summed E-state index contributed by atoms with van der Waals surface area (Å²) in [7, 11) is 3.13. The summed E-state index contributed by atoms with van der Waals surface area (Å²) >= 11 is 0. The molecule has 0 saturated carbocycles. The Morgan fingerprint density at radius 3 is 2.27 bits per heavy atom. The minimum atomic E-state index is -0.594. The molecule has 0 N–H and O–H groups in total. The molecule has 2 aromatic carbocycles. The maximum Gasteiger partial charge on any atom is 0.344 e. The van der Waals surface area contributed by atoms with E-state index in [0.717, 1.165) is 16.7 Å². The molecular formula is C23H29NO6. The number of esters is 1. The van der Waals surface area contributed by atoms with E-state index in [0.29, 0.717) is 30.3 Å². The monoisotopic (exact) mass is 415 g/mol. The lowest BCUT2D eigenvalue weighted by atomic mass is 10.1. The van der Waals surface area contributed by atoms with Crippen LogP contribution in [0.4, 0.5) is 0 Å². The van der Waals surface area contributed by atoms with Crippen molar-refractivity contribution >= 4 is 11.9 Å². The van der Waals surface area contributed by atoms with Crippen LogP contribution in [0.15, 0.2) is 36.4 Å². The van der Waals surface area contributed by atoms with Gasteiger partial charge in [-0.2, -0.15) is 0 Å². The first-order valence-electron chi connectivity index (χ1n) is 9.72. The number of hydrogen-bond acceptors (Lipinski definition) is 6.